The monoisotopic (exact) mass is 708 g/mol. The number of aryl methyl sites for hydroxylation is 2. The molecule has 0 spiro atoms. The van der Waals surface area contributed by atoms with Crippen LogP contribution in [0.25, 0.3) is 6.08 Å². The van der Waals surface area contributed by atoms with Crippen molar-refractivity contribution in [2.24, 2.45) is 4.99 Å². The van der Waals surface area contributed by atoms with Crippen LogP contribution in [0.1, 0.15) is 36.1 Å². The molecule has 5 nitrogen and oxygen atoms in total. The molecule has 0 N–H and O–H groups in total. The molecule has 5 rings (SSSR count). The number of anilines is 1. The third kappa shape index (κ3) is 6.85. The van der Waals surface area contributed by atoms with E-state index in [0.29, 0.717) is 33.2 Å². The Labute approximate surface area is 269 Å². The number of halogens is 2. The Balaban J connectivity index is 1.48. The van der Waals surface area contributed by atoms with Crippen LogP contribution in [0.15, 0.2) is 94.8 Å². The number of amides is 1. The van der Waals surface area contributed by atoms with Crippen molar-refractivity contribution in [1.29, 1.82) is 0 Å². The van der Waals surface area contributed by atoms with Crippen LogP contribution < -0.4 is 14.4 Å². The van der Waals surface area contributed by atoms with Crippen LogP contribution in [-0.2, 0) is 24.2 Å². The SMILES string of the molecule is CCc1ccc(N=C2S/C(=C\c3cc(I)c(OCc4ccccc4Cl)c(OC)c3)C(=O)N2c2ccc(CC)cc2)cc1. The summed E-state index contributed by atoms with van der Waals surface area (Å²) in [6.45, 7) is 4.55. The summed E-state index contributed by atoms with van der Waals surface area (Å²) in [6.07, 6.45) is 3.77. The molecule has 1 fully saturated rings. The van der Waals surface area contributed by atoms with E-state index in [1.54, 1.807) is 12.0 Å². The molecule has 8 heteroatoms. The Morgan fingerprint density at radius 1 is 0.952 bits per heavy atom. The Morgan fingerprint density at radius 2 is 1.62 bits per heavy atom. The van der Waals surface area contributed by atoms with Gasteiger partial charge in [-0.3, -0.25) is 9.69 Å². The van der Waals surface area contributed by atoms with Gasteiger partial charge in [-0.2, -0.15) is 0 Å². The van der Waals surface area contributed by atoms with Crippen molar-refractivity contribution in [3.8, 4) is 11.5 Å². The van der Waals surface area contributed by atoms with Crippen LogP contribution in [0.2, 0.25) is 5.02 Å². The number of thioether (sulfide) groups is 1. The minimum Gasteiger partial charge on any atom is -0.493 e. The van der Waals surface area contributed by atoms with Gasteiger partial charge in [-0.1, -0.05) is 67.9 Å². The van der Waals surface area contributed by atoms with Crippen molar-refractivity contribution in [3.63, 3.8) is 0 Å². The first-order chi connectivity index (χ1) is 20.4. The summed E-state index contributed by atoms with van der Waals surface area (Å²) in [7, 11) is 1.61. The van der Waals surface area contributed by atoms with Gasteiger partial charge in [-0.05, 0) is 112 Å². The van der Waals surface area contributed by atoms with Crippen molar-refractivity contribution in [1.82, 2.24) is 0 Å². The first-order valence-electron chi connectivity index (χ1n) is 13.6. The van der Waals surface area contributed by atoms with Gasteiger partial charge in [0.1, 0.15) is 6.61 Å². The van der Waals surface area contributed by atoms with Crippen molar-refractivity contribution in [2.75, 3.05) is 12.0 Å². The van der Waals surface area contributed by atoms with E-state index < -0.39 is 0 Å². The zero-order chi connectivity index (χ0) is 29.6. The molecule has 1 aliphatic heterocycles. The molecule has 0 radical (unpaired) electrons. The highest BCUT2D eigenvalue weighted by atomic mass is 127. The number of benzene rings is 4. The van der Waals surface area contributed by atoms with Crippen molar-refractivity contribution < 1.29 is 14.3 Å². The number of hydrogen-bond acceptors (Lipinski definition) is 5. The summed E-state index contributed by atoms with van der Waals surface area (Å²) in [5.74, 6) is 1.08. The molecule has 1 heterocycles. The van der Waals surface area contributed by atoms with Gasteiger partial charge in [0.2, 0.25) is 0 Å². The molecular formula is C34H30ClIN2O3S. The van der Waals surface area contributed by atoms with Gasteiger partial charge in [0.25, 0.3) is 5.91 Å². The molecule has 1 saturated heterocycles. The number of carbonyl (C=O) groups excluding carboxylic acids is 1. The van der Waals surface area contributed by atoms with E-state index in [1.165, 1.54) is 22.9 Å². The molecule has 4 aromatic carbocycles. The predicted octanol–water partition coefficient (Wildman–Crippen LogP) is 9.47. The number of hydrogen-bond donors (Lipinski definition) is 0. The summed E-state index contributed by atoms with van der Waals surface area (Å²) in [6, 6.07) is 27.6. The topological polar surface area (TPSA) is 51.1 Å². The number of carbonyl (C=O) groups is 1. The maximum Gasteiger partial charge on any atom is 0.271 e. The molecule has 1 amide bonds. The fourth-order valence-corrected chi connectivity index (χ4v) is 6.43. The Kier molecular flexibility index (Phi) is 9.92. The van der Waals surface area contributed by atoms with Gasteiger partial charge in [0.05, 0.1) is 27.0 Å². The number of aliphatic imine (C=N–C) groups is 1. The summed E-state index contributed by atoms with van der Waals surface area (Å²) in [4.78, 5) is 21.0. The van der Waals surface area contributed by atoms with Crippen LogP contribution in [0.3, 0.4) is 0 Å². The highest BCUT2D eigenvalue weighted by Crippen LogP contribution is 2.40. The highest BCUT2D eigenvalue weighted by molar-refractivity contribution is 14.1. The lowest BCUT2D eigenvalue weighted by atomic mass is 10.1. The van der Waals surface area contributed by atoms with Gasteiger partial charge in [0.15, 0.2) is 16.7 Å². The van der Waals surface area contributed by atoms with Crippen LogP contribution in [0.4, 0.5) is 11.4 Å². The third-order valence-electron chi connectivity index (χ3n) is 6.86. The summed E-state index contributed by atoms with van der Waals surface area (Å²) >= 11 is 9.91. The normalized spacial score (nSPS) is 15.1. The third-order valence-corrected chi connectivity index (χ3v) is 9.00. The quantitative estimate of drug-likeness (QED) is 0.128. The molecule has 0 aliphatic carbocycles. The second kappa shape index (κ2) is 13.8. The summed E-state index contributed by atoms with van der Waals surface area (Å²) in [5, 5.41) is 1.26. The molecule has 0 bridgehead atoms. The highest BCUT2D eigenvalue weighted by Gasteiger charge is 2.35. The van der Waals surface area contributed by atoms with Crippen molar-refractivity contribution in [2.45, 2.75) is 33.3 Å². The second-order valence-corrected chi connectivity index (χ2v) is 12.2. The van der Waals surface area contributed by atoms with Crippen LogP contribution in [0, 0.1) is 3.57 Å². The smallest absolute Gasteiger partial charge is 0.271 e. The molecule has 0 aromatic heterocycles. The molecule has 1 aliphatic rings. The lowest BCUT2D eigenvalue weighted by molar-refractivity contribution is -0.113. The average Bonchev–Trinajstić information content (AvgIpc) is 3.31. The first kappa shape index (κ1) is 30.2. The Morgan fingerprint density at radius 3 is 2.26 bits per heavy atom. The van der Waals surface area contributed by atoms with Crippen LogP contribution in [0.5, 0.6) is 11.5 Å². The van der Waals surface area contributed by atoms with Gasteiger partial charge < -0.3 is 9.47 Å². The number of rotatable bonds is 9. The fourth-order valence-electron chi connectivity index (χ4n) is 4.45. The zero-order valence-corrected chi connectivity index (χ0v) is 27.3. The molecule has 4 aromatic rings. The predicted molar refractivity (Wildman–Crippen MR) is 183 cm³/mol. The minimum atomic E-state index is -0.124. The van der Waals surface area contributed by atoms with Gasteiger partial charge >= 0.3 is 0 Å². The van der Waals surface area contributed by atoms with Crippen molar-refractivity contribution >= 4 is 74.5 Å². The molecule has 42 heavy (non-hydrogen) atoms. The maximum absolute atomic E-state index is 13.8. The average molecular weight is 709 g/mol. The molecule has 0 saturated carbocycles. The summed E-state index contributed by atoms with van der Waals surface area (Å²) in [5.41, 5.74) is 5.75. The maximum atomic E-state index is 13.8. The minimum absolute atomic E-state index is 0.124. The van der Waals surface area contributed by atoms with Crippen molar-refractivity contribution in [3.05, 3.63) is 121 Å². The van der Waals surface area contributed by atoms with E-state index in [4.69, 9.17) is 26.1 Å². The molecule has 0 atom stereocenters. The lowest BCUT2D eigenvalue weighted by Gasteiger charge is -2.16. The second-order valence-electron chi connectivity index (χ2n) is 9.60. The van der Waals surface area contributed by atoms with E-state index >= 15 is 0 Å². The number of methoxy groups -OCH3 is 1. The largest absolute Gasteiger partial charge is 0.493 e. The molecular weight excluding hydrogens is 679 g/mol. The number of ether oxygens (including phenoxy) is 2. The summed E-state index contributed by atoms with van der Waals surface area (Å²) < 4.78 is 12.7. The van der Waals surface area contributed by atoms with Gasteiger partial charge in [-0.25, -0.2) is 4.99 Å². The first-order valence-corrected chi connectivity index (χ1v) is 15.9. The van der Waals surface area contributed by atoms with E-state index in [-0.39, 0.29) is 5.91 Å². The standard InChI is InChI=1S/C34H30ClIN2O3S/c1-4-22-10-14-26(15-11-22)37-34-38(27-16-12-23(5-2)13-17-27)33(39)31(42-34)20-24-18-29(36)32(30(19-24)40-3)41-21-25-8-6-7-9-28(25)35/h6-20H,4-5,21H2,1-3H3/b31-20-,37-34?. The van der Waals surface area contributed by atoms with E-state index in [1.807, 2.05) is 66.7 Å². The Bertz CT molecular complexity index is 1650. The van der Waals surface area contributed by atoms with Crippen LogP contribution in [-0.4, -0.2) is 18.2 Å². The van der Waals surface area contributed by atoms with E-state index in [0.717, 1.165) is 38.9 Å². The zero-order valence-electron chi connectivity index (χ0n) is 23.6. The number of amidine groups is 1. The lowest BCUT2D eigenvalue weighted by Crippen LogP contribution is -2.28. The Hall–Kier alpha value is -3.27. The van der Waals surface area contributed by atoms with Crippen LogP contribution >= 0.6 is 46.0 Å². The van der Waals surface area contributed by atoms with E-state index in [2.05, 4.69) is 60.7 Å². The van der Waals surface area contributed by atoms with Gasteiger partial charge in [0, 0.05) is 10.6 Å². The van der Waals surface area contributed by atoms with Gasteiger partial charge in [-0.15, -0.1) is 0 Å². The molecule has 214 valence electrons. The molecule has 0 unspecified atom stereocenters. The number of nitrogens with zero attached hydrogens (tertiary/aromatic N) is 2. The fraction of sp³-hybridized carbons (Fsp3) is 0.176. The van der Waals surface area contributed by atoms with E-state index in [9.17, 15) is 4.79 Å².